The van der Waals surface area contributed by atoms with Gasteiger partial charge in [0, 0.05) is 0 Å². The SMILES string of the molecule is O=CC(Br)C1CCC1. The Balaban J connectivity index is 2.22. The van der Waals surface area contributed by atoms with Crippen molar-refractivity contribution >= 4 is 22.2 Å². The van der Waals surface area contributed by atoms with Gasteiger partial charge in [-0.2, -0.15) is 0 Å². The minimum Gasteiger partial charge on any atom is -0.302 e. The third-order valence-corrected chi connectivity index (χ3v) is 2.69. The Morgan fingerprint density at radius 2 is 2.25 bits per heavy atom. The first-order valence-corrected chi connectivity index (χ1v) is 3.85. The van der Waals surface area contributed by atoms with Crippen molar-refractivity contribution in [2.75, 3.05) is 0 Å². The highest BCUT2D eigenvalue weighted by atomic mass is 79.9. The molecule has 0 saturated heterocycles. The van der Waals surface area contributed by atoms with Crippen LogP contribution in [0.25, 0.3) is 0 Å². The van der Waals surface area contributed by atoms with Gasteiger partial charge in [0.25, 0.3) is 0 Å². The molecule has 0 heterocycles. The molecule has 1 fully saturated rings. The monoisotopic (exact) mass is 176 g/mol. The molecule has 1 aliphatic rings. The summed E-state index contributed by atoms with van der Waals surface area (Å²) in [5.74, 6) is 0.646. The molecule has 1 rings (SSSR count). The molecule has 1 aliphatic carbocycles. The van der Waals surface area contributed by atoms with Gasteiger partial charge in [0.2, 0.25) is 0 Å². The topological polar surface area (TPSA) is 17.1 Å². The molecule has 0 aromatic carbocycles. The number of halogens is 1. The van der Waals surface area contributed by atoms with Gasteiger partial charge in [0.05, 0.1) is 4.83 Å². The fourth-order valence-electron chi connectivity index (χ4n) is 0.869. The summed E-state index contributed by atoms with van der Waals surface area (Å²) in [6, 6.07) is 0. The molecular weight excluding hydrogens is 168 g/mol. The Hall–Kier alpha value is 0.150. The van der Waals surface area contributed by atoms with Gasteiger partial charge < -0.3 is 4.79 Å². The van der Waals surface area contributed by atoms with Crippen molar-refractivity contribution in [3.05, 3.63) is 0 Å². The Kier molecular flexibility index (Phi) is 2.06. The first-order valence-electron chi connectivity index (χ1n) is 2.94. The fraction of sp³-hybridized carbons (Fsp3) is 0.833. The van der Waals surface area contributed by atoms with E-state index in [1.54, 1.807) is 0 Å². The van der Waals surface area contributed by atoms with Gasteiger partial charge in [0.15, 0.2) is 0 Å². The third-order valence-electron chi connectivity index (χ3n) is 1.73. The number of hydrogen-bond donors (Lipinski definition) is 0. The summed E-state index contributed by atoms with van der Waals surface area (Å²) in [5.41, 5.74) is 0. The van der Waals surface area contributed by atoms with Crippen LogP contribution in [0.1, 0.15) is 19.3 Å². The Morgan fingerprint density at radius 1 is 1.62 bits per heavy atom. The van der Waals surface area contributed by atoms with Crippen LogP contribution in [0, 0.1) is 5.92 Å². The average molecular weight is 177 g/mol. The molecule has 2 heteroatoms. The number of carbonyl (C=O) groups excluding carboxylic acids is 1. The summed E-state index contributed by atoms with van der Waals surface area (Å²) in [4.78, 5) is 10.2. The summed E-state index contributed by atoms with van der Waals surface area (Å²) in [6.07, 6.45) is 4.76. The molecule has 8 heavy (non-hydrogen) atoms. The molecular formula is C6H9BrO. The second-order valence-corrected chi connectivity index (χ2v) is 3.33. The zero-order valence-corrected chi connectivity index (χ0v) is 6.23. The van der Waals surface area contributed by atoms with Gasteiger partial charge >= 0.3 is 0 Å². The molecule has 1 atom stereocenters. The predicted molar refractivity (Wildman–Crippen MR) is 36.1 cm³/mol. The highest BCUT2D eigenvalue weighted by molar-refractivity contribution is 9.10. The lowest BCUT2D eigenvalue weighted by molar-refractivity contribution is -0.108. The first kappa shape index (κ1) is 6.27. The minimum absolute atomic E-state index is 0.135. The first-order chi connectivity index (χ1) is 3.84. The molecule has 1 unspecified atom stereocenters. The molecule has 1 saturated carbocycles. The molecule has 0 aromatic heterocycles. The largest absolute Gasteiger partial charge is 0.302 e. The van der Waals surface area contributed by atoms with Crippen molar-refractivity contribution in [3.63, 3.8) is 0 Å². The van der Waals surface area contributed by atoms with Crippen molar-refractivity contribution in [1.29, 1.82) is 0 Å². The third kappa shape index (κ3) is 1.10. The van der Waals surface area contributed by atoms with Gasteiger partial charge in [-0.3, -0.25) is 0 Å². The standard InChI is InChI=1S/C6H9BrO/c7-6(4-8)5-2-1-3-5/h4-6H,1-3H2. The molecule has 46 valence electrons. The quantitative estimate of drug-likeness (QED) is 0.463. The van der Waals surface area contributed by atoms with Crippen LogP contribution in [-0.2, 0) is 4.79 Å². The van der Waals surface area contributed by atoms with Crippen LogP contribution < -0.4 is 0 Å². The fourth-order valence-corrected chi connectivity index (χ4v) is 1.40. The lowest BCUT2D eigenvalue weighted by Gasteiger charge is -2.26. The lowest BCUT2D eigenvalue weighted by atomic mass is 9.83. The lowest BCUT2D eigenvalue weighted by Crippen LogP contribution is -2.22. The summed E-state index contributed by atoms with van der Waals surface area (Å²) in [7, 11) is 0. The zero-order chi connectivity index (χ0) is 5.98. The summed E-state index contributed by atoms with van der Waals surface area (Å²) >= 11 is 3.29. The van der Waals surface area contributed by atoms with E-state index in [0.717, 1.165) is 6.29 Å². The van der Waals surface area contributed by atoms with Crippen molar-refractivity contribution in [2.24, 2.45) is 5.92 Å². The second-order valence-electron chi connectivity index (χ2n) is 2.27. The van der Waals surface area contributed by atoms with Crippen LogP contribution in [0.4, 0.5) is 0 Å². The Bertz CT molecular complexity index is 88.5. The summed E-state index contributed by atoms with van der Waals surface area (Å²) in [5, 5.41) is 0. The minimum atomic E-state index is 0.135. The van der Waals surface area contributed by atoms with Crippen molar-refractivity contribution in [2.45, 2.75) is 24.1 Å². The molecule has 0 radical (unpaired) electrons. The number of rotatable bonds is 2. The van der Waals surface area contributed by atoms with E-state index in [-0.39, 0.29) is 4.83 Å². The predicted octanol–water partition coefficient (Wildman–Crippen LogP) is 1.75. The number of carbonyl (C=O) groups is 1. The summed E-state index contributed by atoms with van der Waals surface area (Å²) < 4.78 is 0. The van der Waals surface area contributed by atoms with Crippen LogP contribution in [0.15, 0.2) is 0 Å². The molecule has 0 aromatic rings. The second kappa shape index (κ2) is 2.62. The molecule has 0 N–H and O–H groups in total. The maximum absolute atomic E-state index is 10.1. The van der Waals surface area contributed by atoms with E-state index in [2.05, 4.69) is 15.9 Å². The normalized spacial score (nSPS) is 24.1. The van der Waals surface area contributed by atoms with E-state index < -0.39 is 0 Å². The average Bonchev–Trinajstić information content (AvgIpc) is 1.62. The van der Waals surface area contributed by atoms with E-state index in [4.69, 9.17) is 0 Å². The van der Waals surface area contributed by atoms with E-state index in [9.17, 15) is 4.79 Å². The number of alkyl halides is 1. The van der Waals surface area contributed by atoms with Crippen LogP contribution in [0.5, 0.6) is 0 Å². The molecule has 0 aliphatic heterocycles. The number of hydrogen-bond acceptors (Lipinski definition) is 1. The number of aldehydes is 1. The van der Waals surface area contributed by atoms with Gasteiger partial charge in [-0.25, -0.2) is 0 Å². The van der Waals surface area contributed by atoms with Gasteiger partial charge in [-0.1, -0.05) is 22.4 Å². The van der Waals surface area contributed by atoms with Crippen molar-refractivity contribution in [3.8, 4) is 0 Å². The molecule has 0 bridgehead atoms. The van der Waals surface area contributed by atoms with E-state index in [1.165, 1.54) is 19.3 Å². The maximum Gasteiger partial charge on any atom is 0.133 e. The van der Waals surface area contributed by atoms with Crippen LogP contribution in [0.2, 0.25) is 0 Å². The molecule has 0 spiro atoms. The van der Waals surface area contributed by atoms with Crippen molar-refractivity contribution in [1.82, 2.24) is 0 Å². The molecule has 0 amide bonds. The summed E-state index contributed by atoms with van der Waals surface area (Å²) in [6.45, 7) is 0. The van der Waals surface area contributed by atoms with Gasteiger partial charge in [0.1, 0.15) is 6.29 Å². The van der Waals surface area contributed by atoms with Gasteiger partial charge in [-0.15, -0.1) is 0 Å². The van der Waals surface area contributed by atoms with E-state index in [0.29, 0.717) is 5.92 Å². The highest BCUT2D eigenvalue weighted by Gasteiger charge is 2.24. The zero-order valence-electron chi connectivity index (χ0n) is 4.64. The molecule has 1 nitrogen and oxygen atoms in total. The maximum atomic E-state index is 10.1. The smallest absolute Gasteiger partial charge is 0.133 e. The highest BCUT2D eigenvalue weighted by Crippen LogP contribution is 2.32. The Labute approximate surface area is 57.6 Å². The van der Waals surface area contributed by atoms with Crippen LogP contribution in [-0.4, -0.2) is 11.1 Å². The van der Waals surface area contributed by atoms with Crippen molar-refractivity contribution < 1.29 is 4.79 Å². The van der Waals surface area contributed by atoms with E-state index >= 15 is 0 Å². The van der Waals surface area contributed by atoms with Crippen LogP contribution >= 0.6 is 15.9 Å². The van der Waals surface area contributed by atoms with Gasteiger partial charge in [-0.05, 0) is 18.8 Å². The van der Waals surface area contributed by atoms with Crippen LogP contribution in [0.3, 0.4) is 0 Å². The Morgan fingerprint density at radius 3 is 2.38 bits per heavy atom. The van der Waals surface area contributed by atoms with E-state index in [1.807, 2.05) is 0 Å².